The molecular weight excluding hydrogens is 390 g/mol. The highest BCUT2D eigenvalue weighted by Crippen LogP contribution is 2.25. The molecule has 2 aliphatic heterocycles. The normalized spacial score (nSPS) is 21.4. The van der Waals surface area contributed by atoms with E-state index in [2.05, 4.69) is 32.6 Å². The number of thiocarbonyl (C=S) groups is 1. The molecule has 1 aromatic rings. The van der Waals surface area contributed by atoms with Crippen LogP contribution in [0.2, 0.25) is 0 Å². The molecule has 0 spiro atoms. The van der Waals surface area contributed by atoms with Crippen LogP contribution in [0.15, 0.2) is 24.3 Å². The van der Waals surface area contributed by atoms with Gasteiger partial charge < -0.3 is 20.6 Å². The molecule has 4 N–H and O–H groups in total. The van der Waals surface area contributed by atoms with Crippen molar-refractivity contribution in [1.82, 2.24) is 10.2 Å². The zero-order chi connectivity index (χ0) is 19.9. The van der Waals surface area contributed by atoms with Crippen molar-refractivity contribution in [1.29, 1.82) is 5.41 Å². The van der Waals surface area contributed by atoms with Crippen LogP contribution in [0.4, 0.5) is 11.4 Å². The topological polar surface area (TPSA) is 74.6 Å². The third kappa shape index (κ3) is 6.07. The summed E-state index contributed by atoms with van der Waals surface area (Å²) in [5.41, 5.74) is 2.16. The van der Waals surface area contributed by atoms with Crippen molar-refractivity contribution >= 4 is 45.6 Å². The van der Waals surface area contributed by atoms with E-state index in [9.17, 15) is 5.11 Å². The lowest BCUT2D eigenvalue weighted by molar-refractivity contribution is 0.0398. The Morgan fingerprint density at radius 1 is 1.21 bits per heavy atom. The molecule has 1 aromatic carbocycles. The summed E-state index contributed by atoms with van der Waals surface area (Å²) in [6, 6.07) is 8.93. The number of nitrogens with one attached hydrogen (secondary N) is 3. The molecule has 1 unspecified atom stereocenters. The number of amidine groups is 1. The van der Waals surface area contributed by atoms with Crippen LogP contribution in [0.1, 0.15) is 32.6 Å². The number of aliphatic hydroxyl groups excluding tert-OH is 1. The van der Waals surface area contributed by atoms with E-state index in [1.807, 2.05) is 19.1 Å². The maximum atomic E-state index is 9.92. The van der Waals surface area contributed by atoms with Crippen molar-refractivity contribution in [3.8, 4) is 0 Å². The highest BCUT2D eigenvalue weighted by molar-refractivity contribution is 8.13. The smallest absolute Gasteiger partial charge is 0.176 e. The van der Waals surface area contributed by atoms with E-state index < -0.39 is 0 Å². The van der Waals surface area contributed by atoms with Crippen LogP contribution >= 0.6 is 24.0 Å². The minimum Gasteiger partial charge on any atom is -0.392 e. The number of hydrogen-bond acceptors (Lipinski definition) is 6. The molecule has 0 aliphatic carbocycles. The molecule has 0 amide bonds. The second-order valence-corrected chi connectivity index (χ2v) is 9.08. The van der Waals surface area contributed by atoms with Crippen LogP contribution in [0.3, 0.4) is 0 Å². The Labute approximate surface area is 177 Å². The molecule has 2 heterocycles. The number of rotatable bonds is 4. The van der Waals surface area contributed by atoms with Gasteiger partial charge in [-0.05, 0) is 74.5 Å². The van der Waals surface area contributed by atoms with Gasteiger partial charge in [-0.3, -0.25) is 10.3 Å². The van der Waals surface area contributed by atoms with Crippen molar-refractivity contribution in [2.75, 3.05) is 42.1 Å². The highest BCUT2D eigenvalue weighted by atomic mass is 32.2. The quantitative estimate of drug-likeness (QED) is 0.338. The summed E-state index contributed by atoms with van der Waals surface area (Å²) < 4.78 is 0. The van der Waals surface area contributed by atoms with E-state index in [4.69, 9.17) is 17.6 Å². The largest absolute Gasteiger partial charge is 0.392 e. The molecule has 2 saturated heterocycles. The minimum absolute atomic E-state index is 0.142. The van der Waals surface area contributed by atoms with Gasteiger partial charge in [-0.2, -0.15) is 0 Å². The molecule has 0 radical (unpaired) electrons. The molecule has 3 rings (SSSR count). The molecule has 0 bridgehead atoms. The standard InChI is InChI=1S/C20H31N5OS2/c1-2-28-19(21)23-20(27)22-15-5-7-16(8-6-15)24-12-9-17(10-13-24)25-11-3-4-18(26)14-25/h5-8,17-18,26H,2-4,9-14H2,1H3,(H3,21,22,23,27). The zero-order valence-electron chi connectivity index (χ0n) is 16.5. The number of β-amino-alcohol motifs (C(OH)–C–C–N with tert-alkyl or cyclic N) is 1. The van der Waals surface area contributed by atoms with E-state index >= 15 is 0 Å². The lowest BCUT2D eigenvalue weighted by Gasteiger charge is -2.42. The Hall–Kier alpha value is -1.35. The summed E-state index contributed by atoms with van der Waals surface area (Å²) >= 11 is 6.68. The van der Waals surface area contributed by atoms with Gasteiger partial charge in [0.2, 0.25) is 0 Å². The fraction of sp³-hybridized carbons (Fsp3) is 0.600. The highest BCUT2D eigenvalue weighted by Gasteiger charge is 2.28. The molecule has 1 atom stereocenters. The second kappa shape index (κ2) is 10.4. The number of piperidine rings is 2. The van der Waals surface area contributed by atoms with Gasteiger partial charge in [-0.15, -0.1) is 0 Å². The van der Waals surface area contributed by atoms with Gasteiger partial charge in [0.25, 0.3) is 0 Å². The fourth-order valence-corrected chi connectivity index (χ4v) is 4.75. The van der Waals surface area contributed by atoms with Gasteiger partial charge in [0.05, 0.1) is 6.10 Å². The monoisotopic (exact) mass is 421 g/mol. The number of likely N-dealkylation sites (tertiary alicyclic amines) is 1. The lowest BCUT2D eigenvalue weighted by Crippen LogP contribution is -2.49. The van der Waals surface area contributed by atoms with Gasteiger partial charge in [-0.25, -0.2) is 0 Å². The number of aliphatic hydroxyl groups is 1. The molecule has 0 saturated carbocycles. The van der Waals surface area contributed by atoms with Crippen molar-refractivity contribution in [3.05, 3.63) is 24.3 Å². The Morgan fingerprint density at radius 3 is 2.57 bits per heavy atom. The Bertz CT molecular complexity index is 661. The Morgan fingerprint density at radius 2 is 1.93 bits per heavy atom. The van der Waals surface area contributed by atoms with Gasteiger partial charge in [0, 0.05) is 37.1 Å². The van der Waals surface area contributed by atoms with Crippen molar-refractivity contribution in [2.45, 2.75) is 44.8 Å². The Balaban J connectivity index is 1.46. The summed E-state index contributed by atoms with van der Waals surface area (Å²) in [4.78, 5) is 4.92. The number of anilines is 2. The van der Waals surface area contributed by atoms with Gasteiger partial charge >= 0.3 is 0 Å². The third-order valence-corrected chi connectivity index (χ3v) is 6.30. The van der Waals surface area contributed by atoms with Crippen LogP contribution in [-0.2, 0) is 0 Å². The number of benzene rings is 1. The van der Waals surface area contributed by atoms with Crippen LogP contribution in [-0.4, -0.2) is 64.4 Å². The van der Waals surface area contributed by atoms with Crippen LogP contribution in [0, 0.1) is 5.41 Å². The second-order valence-electron chi connectivity index (χ2n) is 7.40. The molecule has 154 valence electrons. The SMILES string of the molecule is CCSC(=N)NC(=S)Nc1ccc(N2CCC(N3CCCC(O)C3)CC2)cc1. The van der Waals surface area contributed by atoms with E-state index in [0.29, 0.717) is 16.3 Å². The maximum Gasteiger partial charge on any atom is 0.176 e. The van der Waals surface area contributed by atoms with E-state index in [-0.39, 0.29) is 6.10 Å². The average molecular weight is 422 g/mol. The first-order chi connectivity index (χ1) is 13.5. The molecule has 8 heteroatoms. The van der Waals surface area contributed by atoms with Gasteiger partial charge in [0.15, 0.2) is 10.3 Å². The summed E-state index contributed by atoms with van der Waals surface area (Å²) in [6.07, 6.45) is 4.23. The molecule has 0 aromatic heterocycles. The first-order valence-corrected chi connectivity index (χ1v) is 11.5. The summed E-state index contributed by atoms with van der Waals surface area (Å²) in [5, 5.41) is 24.5. The van der Waals surface area contributed by atoms with E-state index in [1.54, 1.807) is 0 Å². The van der Waals surface area contributed by atoms with Crippen LogP contribution < -0.4 is 15.5 Å². The summed E-state index contributed by atoms with van der Waals surface area (Å²) in [7, 11) is 0. The zero-order valence-corrected chi connectivity index (χ0v) is 18.1. The molecule has 2 fully saturated rings. The van der Waals surface area contributed by atoms with Crippen molar-refractivity contribution in [3.63, 3.8) is 0 Å². The van der Waals surface area contributed by atoms with Gasteiger partial charge in [-0.1, -0.05) is 18.7 Å². The minimum atomic E-state index is -0.142. The van der Waals surface area contributed by atoms with Crippen LogP contribution in [0.5, 0.6) is 0 Å². The van der Waals surface area contributed by atoms with E-state index in [0.717, 1.165) is 63.3 Å². The lowest BCUT2D eigenvalue weighted by atomic mass is 9.98. The predicted octanol–water partition coefficient (Wildman–Crippen LogP) is 3.09. The van der Waals surface area contributed by atoms with Crippen molar-refractivity contribution in [2.24, 2.45) is 0 Å². The first kappa shape index (κ1) is 21.4. The molecule has 2 aliphatic rings. The van der Waals surface area contributed by atoms with E-state index in [1.165, 1.54) is 17.4 Å². The van der Waals surface area contributed by atoms with Crippen LogP contribution in [0.25, 0.3) is 0 Å². The third-order valence-electron chi connectivity index (χ3n) is 5.41. The summed E-state index contributed by atoms with van der Waals surface area (Å²) in [6.45, 7) is 6.08. The number of hydrogen-bond donors (Lipinski definition) is 4. The Kier molecular flexibility index (Phi) is 7.96. The number of thioether (sulfide) groups is 1. The fourth-order valence-electron chi connectivity index (χ4n) is 4.01. The summed E-state index contributed by atoms with van der Waals surface area (Å²) in [5.74, 6) is 0.845. The average Bonchev–Trinajstić information content (AvgIpc) is 2.69. The number of nitrogens with zero attached hydrogens (tertiary/aromatic N) is 2. The predicted molar refractivity (Wildman–Crippen MR) is 124 cm³/mol. The maximum absolute atomic E-state index is 9.92. The molecule has 6 nitrogen and oxygen atoms in total. The first-order valence-electron chi connectivity index (χ1n) is 10.1. The molecule has 28 heavy (non-hydrogen) atoms. The van der Waals surface area contributed by atoms with Crippen molar-refractivity contribution < 1.29 is 5.11 Å². The molecular formula is C20H31N5OS2. The van der Waals surface area contributed by atoms with Gasteiger partial charge in [0.1, 0.15) is 0 Å².